The SMILES string of the molecule is CC(C)C1(C(=O)O)CCN(C(=O)C2(Cc3ccccc3)CCC2)C1. The average Bonchev–Trinajstić information content (AvgIpc) is 2.98. The molecule has 2 aliphatic rings. The van der Waals surface area contributed by atoms with E-state index in [0.717, 1.165) is 25.7 Å². The van der Waals surface area contributed by atoms with E-state index in [1.807, 2.05) is 36.9 Å². The van der Waals surface area contributed by atoms with Gasteiger partial charge in [0.1, 0.15) is 0 Å². The van der Waals surface area contributed by atoms with Gasteiger partial charge in [0.2, 0.25) is 5.91 Å². The fourth-order valence-electron chi connectivity index (χ4n) is 4.29. The lowest BCUT2D eigenvalue weighted by molar-refractivity contribution is -0.153. The highest BCUT2D eigenvalue weighted by Gasteiger charge is 2.53. The van der Waals surface area contributed by atoms with Crippen LogP contribution >= 0.6 is 0 Å². The molecule has 1 saturated carbocycles. The minimum atomic E-state index is -0.784. The molecule has 1 aliphatic carbocycles. The summed E-state index contributed by atoms with van der Waals surface area (Å²) in [7, 11) is 0. The maximum atomic E-state index is 13.2. The molecule has 1 heterocycles. The largest absolute Gasteiger partial charge is 0.481 e. The summed E-state index contributed by atoms with van der Waals surface area (Å²) in [4.78, 5) is 26.9. The van der Waals surface area contributed by atoms with E-state index in [1.54, 1.807) is 0 Å². The van der Waals surface area contributed by atoms with Crippen molar-refractivity contribution in [2.75, 3.05) is 13.1 Å². The molecule has 1 aromatic carbocycles. The van der Waals surface area contributed by atoms with Crippen molar-refractivity contribution in [2.45, 2.75) is 46.0 Å². The van der Waals surface area contributed by atoms with Gasteiger partial charge in [-0.2, -0.15) is 0 Å². The van der Waals surface area contributed by atoms with Gasteiger partial charge >= 0.3 is 5.97 Å². The van der Waals surface area contributed by atoms with Crippen LogP contribution < -0.4 is 0 Å². The van der Waals surface area contributed by atoms with Gasteiger partial charge in [0.05, 0.1) is 10.8 Å². The Balaban J connectivity index is 1.77. The number of carboxylic acids is 1. The number of nitrogens with zero attached hydrogens (tertiary/aromatic N) is 1. The molecule has 4 heteroatoms. The first-order valence-corrected chi connectivity index (χ1v) is 8.96. The monoisotopic (exact) mass is 329 g/mol. The average molecular weight is 329 g/mol. The number of carboxylic acid groups (broad SMARTS) is 1. The van der Waals surface area contributed by atoms with Crippen molar-refractivity contribution >= 4 is 11.9 Å². The van der Waals surface area contributed by atoms with Crippen LogP contribution in [-0.2, 0) is 16.0 Å². The number of likely N-dealkylation sites (tertiary alicyclic amines) is 1. The zero-order valence-corrected chi connectivity index (χ0v) is 14.6. The number of aliphatic carboxylic acids is 1. The highest BCUT2D eigenvalue weighted by molar-refractivity contribution is 5.86. The van der Waals surface area contributed by atoms with E-state index < -0.39 is 11.4 Å². The molecule has 1 aliphatic heterocycles. The zero-order chi connectivity index (χ0) is 17.4. The number of rotatable bonds is 5. The van der Waals surface area contributed by atoms with Gasteiger partial charge in [-0.05, 0) is 37.2 Å². The Kier molecular flexibility index (Phi) is 4.41. The van der Waals surface area contributed by atoms with Crippen molar-refractivity contribution in [1.29, 1.82) is 0 Å². The molecule has 1 unspecified atom stereocenters. The Hall–Kier alpha value is -1.84. The van der Waals surface area contributed by atoms with Gasteiger partial charge in [-0.15, -0.1) is 0 Å². The first-order valence-electron chi connectivity index (χ1n) is 8.96. The molecule has 4 nitrogen and oxygen atoms in total. The van der Waals surface area contributed by atoms with Crippen LogP contribution in [0.1, 0.15) is 45.1 Å². The zero-order valence-electron chi connectivity index (χ0n) is 14.6. The summed E-state index contributed by atoms with van der Waals surface area (Å²) in [5.74, 6) is -0.570. The summed E-state index contributed by atoms with van der Waals surface area (Å²) in [6.45, 7) is 4.82. The molecule has 1 aromatic rings. The fraction of sp³-hybridized carbons (Fsp3) is 0.600. The van der Waals surface area contributed by atoms with Gasteiger partial charge in [0.15, 0.2) is 0 Å². The van der Waals surface area contributed by atoms with Crippen molar-refractivity contribution in [2.24, 2.45) is 16.7 Å². The maximum Gasteiger partial charge on any atom is 0.311 e. The minimum Gasteiger partial charge on any atom is -0.481 e. The van der Waals surface area contributed by atoms with Crippen LogP contribution in [0.25, 0.3) is 0 Å². The molecule has 0 radical (unpaired) electrons. The van der Waals surface area contributed by atoms with Gasteiger partial charge in [0.25, 0.3) is 0 Å². The molecule has 0 bridgehead atoms. The number of hydrogen-bond donors (Lipinski definition) is 1. The molecule has 0 spiro atoms. The summed E-state index contributed by atoms with van der Waals surface area (Å²) in [5, 5.41) is 9.70. The molecule has 24 heavy (non-hydrogen) atoms. The van der Waals surface area contributed by atoms with Crippen LogP contribution in [0, 0.1) is 16.7 Å². The predicted octanol–water partition coefficient (Wildman–Crippen LogP) is 3.36. The van der Waals surface area contributed by atoms with E-state index in [1.165, 1.54) is 5.56 Å². The third-order valence-electron chi connectivity index (χ3n) is 6.27. The Bertz CT molecular complexity index is 621. The van der Waals surface area contributed by atoms with Crippen LogP contribution in [0.15, 0.2) is 30.3 Å². The molecule has 1 N–H and O–H groups in total. The highest BCUT2D eigenvalue weighted by Crippen LogP contribution is 2.47. The van der Waals surface area contributed by atoms with Crippen molar-refractivity contribution in [3.63, 3.8) is 0 Å². The predicted molar refractivity (Wildman–Crippen MR) is 92.5 cm³/mol. The highest BCUT2D eigenvalue weighted by atomic mass is 16.4. The lowest BCUT2D eigenvalue weighted by Crippen LogP contribution is -2.50. The second-order valence-electron chi connectivity index (χ2n) is 7.89. The molecule has 1 atom stereocenters. The van der Waals surface area contributed by atoms with Crippen LogP contribution in [0.5, 0.6) is 0 Å². The number of benzene rings is 1. The van der Waals surface area contributed by atoms with Crippen molar-refractivity contribution < 1.29 is 14.7 Å². The topological polar surface area (TPSA) is 57.6 Å². The standard InChI is InChI=1S/C20H27NO3/c1-15(2)20(18(23)24)11-12-21(14-20)17(22)19(9-6-10-19)13-16-7-4-3-5-8-16/h3-5,7-8,15H,6,9-14H2,1-2H3,(H,23,24). The van der Waals surface area contributed by atoms with E-state index >= 15 is 0 Å². The first-order chi connectivity index (χ1) is 11.4. The molecule has 1 amide bonds. The van der Waals surface area contributed by atoms with Gasteiger partial charge in [-0.25, -0.2) is 0 Å². The third kappa shape index (κ3) is 2.72. The fourth-order valence-corrected chi connectivity index (χ4v) is 4.29. The van der Waals surface area contributed by atoms with Crippen molar-refractivity contribution in [3.05, 3.63) is 35.9 Å². The number of amides is 1. The summed E-state index contributed by atoms with van der Waals surface area (Å²) in [6, 6.07) is 10.2. The Morgan fingerprint density at radius 2 is 1.83 bits per heavy atom. The first kappa shape index (κ1) is 17.0. The van der Waals surface area contributed by atoms with Gasteiger partial charge in [-0.3, -0.25) is 9.59 Å². The molecule has 130 valence electrons. The van der Waals surface area contributed by atoms with E-state index in [9.17, 15) is 14.7 Å². The van der Waals surface area contributed by atoms with Crippen LogP contribution in [0.4, 0.5) is 0 Å². The molecular weight excluding hydrogens is 302 g/mol. The summed E-state index contributed by atoms with van der Waals surface area (Å²) in [6.07, 6.45) is 4.25. The number of carbonyl (C=O) groups excluding carboxylic acids is 1. The maximum absolute atomic E-state index is 13.2. The second-order valence-corrected chi connectivity index (χ2v) is 7.89. The van der Waals surface area contributed by atoms with Crippen molar-refractivity contribution in [3.8, 4) is 0 Å². The van der Waals surface area contributed by atoms with E-state index in [-0.39, 0.29) is 17.2 Å². The van der Waals surface area contributed by atoms with Crippen molar-refractivity contribution in [1.82, 2.24) is 4.90 Å². The van der Waals surface area contributed by atoms with Gasteiger partial charge < -0.3 is 10.0 Å². The molecule has 0 aromatic heterocycles. The lowest BCUT2D eigenvalue weighted by atomic mass is 9.64. The second kappa shape index (κ2) is 6.23. The number of hydrogen-bond acceptors (Lipinski definition) is 2. The Morgan fingerprint density at radius 1 is 1.17 bits per heavy atom. The van der Waals surface area contributed by atoms with Crippen LogP contribution in [-0.4, -0.2) is 35.0 Å². The van der Waals surface area contributed by atoms with Gasteiger partial charge in [-0.1, -0.05) is 50.6 Å². The summed E-state index contributed by atoms with van der Waals surface area (Å²) >= 11 is 0. The Morgan fingerprint density at radius 3 is 2.29 bits per heavy atom. The Labute approximate surface area is 143 Å². The molecule has 3 rings (SSSR count). The summed E-state index contributed by atoms with van der Waals surface area (Å²) < 4.78 is 0. The number of carbonyl (C=O) groups is 2. The van der Waals surface area contributed by atoms with Crippen LogP contribution in [0.3, 0.4) is 0 Å². The molecular formula is C20H27NO3. The van der Waals surface area contributed by atoms with E-state index in [4.69, 9.17) is 0 Å². The normalized spacial score (nSPS) is 25.5. The minimum absolute atomic E-state index is 0.0271. The quantitative estimate of drug-likeness (QED) is 0.901. The smallest absolute Gasteiger partial charge is 0.311 e. The van der Waals surface area contributed by atoms with E-state index in [2.05, 4.69) is 12.1 Å². The van der Waals surface area contributed by atoms with Crippen LogP contribution in [0.2, 0.25) is 0 Å². The molecule has 2 fully saturated rings. The summed E-state index contributed by atoms with van der Waals surface area (Å²) in [5.41, 5.74) is 0.0957. The van der Waals surface area contributed by atoms with Gasteiger partial charge in [0, 0.05) is 13.1 Å². The lowest BCUT2D eigenvalue weighted by Gasteiger charge is -2.43. The van der Waals surface area contributed by atoms with E-state index in [0.29, 0.717) is 19.5 Å². The third-order valence-corrected chi connectivity index (χ3v) is 6.27. The molecule has 1 saturated heterocycles.